The van der Waals surface area contributed by atoms with E-state index in [2.05, 4.69) is 5.32 Å². The van der Waals surface area contributed by atoms with Gasteiger partial charge in [-0.3, -0.25) is 9.59 Å². The van der Waals surface area contributed by atoms with Crippen LogP contribution in [0.5, 0.6) is 0 Å². The average molecular weight is 353 g/mol. The van der Waals surface area contributed by atoms with Gasteiger partial charge in [0.05, 0.1) is 5.92 Å². The summed E-state index contributed by atoms with van der Waals surface area (Å²) in [6.45, 7) is 6.24. The minimum atomic E-state index is -0.356. The first-order chi connectivity index (χ1) is 12.5. The lowest BCUT2D eigenvalue weighted by molar-refractivity contribution is -0.151. The normalized spacial score (nSPS) is 12.9. The summed E-state index contributed by atoms with van der Waals surface area (Å²) < 4.78 is 5.31. The van der Waals surface area contributed by atoms with Crippen molar-refractivity contribution in [3.63, 3.8) is 0 Å². The lowest BCUT2D eigenvalue weighted by Crippen LogP contribution is -2.31. The van der Waals surface area contributed by atoms with Crippen LogP contribution < -0.4 is 5.32 Å². The molecule has 1 N–H and O–H groups in total. The molecule has 4 nitrogen and oxygen atoms in total. The number of hydrogen-bond donors (Lipinski definition) is 1. The van der Waals surface area contributed by atoms with Crippen molar-refractivity contribution >= 4 is 11.9 Å². The number of aryl methyl sites for hydroxylation is 1. The van der Waals surface area contributed by atoms with Gasteiger partial charge in [0.15, 0.2) is 6.61 Å². The molecule has 0 aliphatic heterocycles. The van der Waals surface area contributed by atoms with Gasteiger partial charge in [-0.2, -0.15) is 0 Å². The lowest BCUT2D eigenvalue weighted by atomic mass is 9.86. The predicted molar refractivity (Wildman–Crippen MR) is 103 cm³/mol. The maximum Gasteiger partial charge on any atom is 0.314 e. The molecule has 0 radical (unpaired) electrons. The molecule has 1 amide bonds. The summed E-state index contributed by atoms with van der Waals surface area (Å²) in [5.41, 5.74) is 3.09. The number of carbonyl (C=O) groups excluding carboxylic acids is 2. The van der Waals surface area contributed by atoms with Crippen molar-refractivity contribution in [1.82, 2.24) is 5.32 Å². The number of carbonyl (C=O) groups is 2. The van der Waals surface area contributed by atoms with Gasteiger partial charge in [0.2, 0.25) is 0 Å². The molecule has 0 unspecified atom stereocenters. The van der Waals surface area contributed by atoms with Crippen LogP contribution in [0.25, 0.3) is 0 Å². The van der Waals surface area contributed by atoms with E-state index in [9.17, 15) is 9.59 Å². The Kier molecular flexibility index (Phi) is 7.39. The van der Waals surface area contributed by atoms with E-state index in [1.807, 2.05) is 75.4 Å². The maximum absolute atomic E-state index is 12.6. The summed E-state index contributed by atoms with van der Waals surface area (Å²) in [5, 5.41) is 2.80. The van der Waals surface area contributed by atoms with E-state index in [0.29, 0.717) is 6.54 Å². The zero-order valence-electron chi connectivity index (χ0n) is 15.7. The average Bonchev–Trinajstić information content (AvgIpc) is 2.66. The standard InChI is InChI=1S/C22H27NO3/c1-4-16(2)21(18-11-6-5-7-12-18)22(25)26-15-20(24)23-14-19-13-9-8-10-17(19)3/h5-13,16,21H,4,14-15H2,1-3H3,(H,23,24)/t16-,21-/m1/s1. The molecular formula is C22H27NO3. The number of nitrogens with one attached hydrogen (secondary N) is 1. The first kappa shape index (κ1) is 19.7. The van der Waals surface area contributed by atoms with Crippen LogP contribution >= 0.6 is 0 Å². The molecule has 2 aromatic rings. The Hall–Kier alpha value is -2.62. The summed E-state index contributed by atoms with van der Waals surface area (Å²) in [6, 6.07) is 17.5. The minimum absolute atomic E-state index is 0.139. The van der Waals surface area contributed by atoms with E-state index in [1.165, 1.54) is 0 Å². The number of hydrogen-bond acceptors (Lipinski definition) is 3. The monoisotopic (exact) mass is 353 g/mol. The van der Waals surface area contributed by atoms with Crippen molar-refractivity contribution in [2.75, 3.05) is 6.61 Å². The molecule has 26 heavy (non-hydrogen) atoms. The fraction of sp³-hybridized carbons (Fsp3) is 0.364. The fourth-order valence-corrected chi connectivity index (χ4v) is 2.87. The molecule has 2 rings (SSSR count). The van der Waals surface area contributed by atoms with Crippen LogP contribution in [0.2, 0.25) is 0 Å². The van der Waals surface area contributed by atoms with Crippen LogP contribution in [-0.4, -0.2) is 18.5 Å². The molecule has 0 heterocycles. The Bertz CT molecular complexity index is 727. The van der Waals surface area contributed by atoms with E-state index < -0.39 is 0 Å². The fourth-order valence-electron chi connectivity index (χ4n) is 2.87. The molecule has 0 bridgehead atoms. The van der Waals surface area contributed by atoms with Crippen molar-refractivity contribution in [2.45, 2.75) is 39.7 Å². The third-order valence-corrected chi connectivity index (χ3v) is 4.71. The zero-order chi connectivity index (χ0) is 18.9. The van der Waals surface area contributed by atoms with Crippen LogP contribution in [0.15, 0.2) is 54.6 Å². The molecule has 0 aliphatic rings. The number of esters is 1. The highest BCUT2D eigenvalue weighted by Gasteiger charge is 2.27. The topological polar surface area (TPSA) is 55.4 Å². The van der Waals surface area contributed by atoms with E-state index >= 15 is 0 Å². The highest BCUT2D eigenvalue weighted by molar-refractivity contribution is 5.83. The first-order valence-electron chi connectivity index (χ1n) is 9.05. The molecule has 2 aromatic carbocycles. The van der Waals surface area contributed by atoms with Crippen molar-refractivity contribution in [3.05, 3.63) is 71.3 Å². The first-order valence-corrected chi connectivity index (χ1v) is 9.05. The van der Waals surface area contributed by atoms with Crippen LogP contribution in [0.1, 0.15) is 42.9 Å². The van der Waals surface area contributed by atoms with Gasteiger partial charge in [-0.25, -0.2) is 0 Å². The van der Waals surface area contributed by atoms with Crippen molar-refractivity contribution in [3.8, 4) is 0 Å². The molecule has 0 saturated carbocycles. The van der Waals surface area contributed by atoms with Gasteiger partial charge in [-0.05, 0) is 29.5 Å². The second-order valence-corrected chi connectivity index (χ2v) is 6.58. The Balaban J connectivity index is 1.91. The van der Waals surface area contributed by atoms with Gasteiger partial charge in [0, 0.05) is 6.54 Å². The molecular weight excluding hydrogens is 326 g/mol. The summed E-state index contributed by atoms with van der Waals surface area (Å²) in [7, 11) is 0. The van der Waals surface area contributed by atoms with E-state index in [0.717, 1.165) is 23.1 Å². The lowest BCUT2D eigenvalue weighted by Gasteiger charge is -2.21. The summed E-state index contributed by atoms with van der Waals surface area (Å²) >= 11 is 0. The molecule has 0 saturated heterocycles. The largest absolute Gasteiger partial charge is 0.455 e. The maximum atomic E-state index is 12.6. The van der Waals surface area contributed by atoms with Gasteiger partial charge in [-0.15, -0.1) is 0 Å². The third kappa shape index (κ3) is 5.45. The smallest absolute Gasteiger partial charge is 0.314 e. The summed E-state index contributed by atoms with van der Waals surface area (Å²) in [6.07, 6.45) is 0.855. The Labute approximate surface area is 155 Å². The van der Waals surface area contributed by atoms with Gasteiger partial charge in [-0.1, -0.05) is 74.9 Å². The molecule has 0 aromatic heterocycles. The van der Waals surface area contributed by atoms with E-state index in [1.54, 1.807) is 0 Å². The molecule has 0 fully saturated rings. The summed E-state index contributed by atoms with van der Waals surface area (Å²) in [5.74, 6) is -0.862. The van der Waals surface area contributed by atoms with Gasteiger partial charge >= 0.3 is 5.97 Å². The Morgan fingerprint density at radius 3 is 2.35 bits per heavy atom. The van der Waals surface area contributed by atoms with E-state index in [4.69, 9.17) is 4.74 Å². The molecule has 2 atom stereocenters. The Morgan fingerprint density at radius 2 is 1.69 bits per heavy atom. The number of benzene rings is 2. The Morgan fingerprint density at radius 1 is 1.04 bits per heavy atom. The van der Waals surface area contributed by atoms with Crippen molar-refractivity contribution in [1.29, 1.82) is 0 Å². The number of amides is 1. The van der Waals surface area contributed by atoms with Crippen LogP contribution in [0, 0.1) is 12.8 Å². The highest BCUT2D eigenvalue weighted by atomic mass is 16.5. The molecule has 4 heteroatoms. The van der Waals surface area contributed by atoms with Gasteiger partial charge in [0.1, 0.15) is 0 Å². The third-order valence-electron chi connectivity index (χ3n) is 4.71. The van der Waals surface area contributed by atoms with Crippen molar-refractivity contribution < 1.29 is 14.3 Å². The van der Waals surface area contributed by atoms with Crippen LogP contribution in [0.4, 0.5) is 0 Å². The SMILES string of the molecule is CC[C@@H](C)[C@@H](C(=O)OCC(=O)NCc1ccccc1C)c1ccccc1. The van der Waals surface area contributed by atoms with Crippen LogP contribution in [-0.2, 0) is 20.9 Å². The second-order valence-electron chi connectivity index (χ2n) is 6.58. The molecule has 0 aliphatic carbocycles. The quantitative estimate of drug-likeness (QED) is 0.730. The van der Waals surface area contributed by atoms with Gasteiger partial charge < -0.3 is 10.1 Å². The number of rotatable bonds is 8. The van der Waals surface area contributed by atoms with E-state index in [-0.39, 0.29) is 30.3 Å². The molecule has 138 valence electrons. The zero-order valence-corrected chi connectivity index (χ0v) is 15.7. The second kappa shape index (κ2) is 9.76. The van der Waals surface area contributed by atoms with Gasteiger partial charge in [0.25, 0.3) is 5.91 Å². The minimum Gasteiger partial charge on any atom is -0.455 e. The summed E-state index contributed by atoms with van der Waals surface area (Å²) in [4.78, 5) is 24.6. The van der Waals surface area contributed by atoms with Crippen molar-refractivity contribution in [2.24, 2.45) is 5.92 Å². The van der Waals surface area contributed by atoms with Crippen LogP contribution in [0.3, 0.4) is 0 Å². The number of ether oxygens (including phenoxy) is 1. The highest BCUT2D eigenvalue weighted by Crippen LogP contribution is 2.28. The molecule has 0 spiro atoms. The predicted octanol–water partition coefficient (Wildman–Crippen LogP) is 3.98.